The highest BCUT2D eigenvalue weighted by Gasteiger charge is 2.27. The second-order valence-electron chi connectivity index (χ2n) is 4.99. The van der Waals surface area contributed by atoms with Gasteiger partial charge in [0.1, 0.15) is 0 Å². The largest absolute Gasteiger partial charge is 0.370 e. The van der Waals surface area contributed by atoms with E-state index < -0.39 is 0 Å². The summed E-state index contributed by atoms with van der Waals surface area (Å²) in [5, 5.41) is 4.17. The summed E-state index contributed by atoms with van der Waals surface area (Å²) in [6, 6.07) is 6.37. The molecule has 6 heteroatoms. The minimum Gasteiger partial charge on any atom is -0.370 e. The van der Waals surface area contributed by atoms with Crippen LogP contribution >= 0.6 is 0 Å². The first-order valence-corrected chi connectivity index (χ1v) is 6.72. The van der Waals surface area contributed by atoms with Crippen molar-refractivity contribution in [2.24, 2.45) is 10.7 Å². The summed E-state index contributed by atoms with van der Waals surface area (Å²) in [7, 11) is 2.00. The second kappa shape index (κ2) is 5.32. The summed E-state index contributed by atoms with van der Waals surface area (Å²) < 4.78 is 1.73. The molecule has 2 aromatic rings. The van der Waals surface area contributed by atoms with Crippen molar-refractivity contribution in [2.75, 3.05) is 7.05 Å². The van der Waals surface area contributed by atoms with Gasteiger partial charge in [0.2, 0.25) is 0 Å². The molecule has 2 aromatic heterocycles. The summed E-state index contributed by atoms with van der Waals surface area (Å²) in [4.78, 5) is 10.8. The van der Waals surface area contributed by atoms with E-state index in [1.807, 2.05) is 31.4 Å². The molecule has 2 N–H and O–H groups in total. The molecule has 0 aliphatic heterocycles. The van der Waals surface area contributed by atoms with Gasteiger partial charge in [-0.1, -0.05) is 0 Å². The molecule has 0 spiro atoms. The molecule has 0 atom stereocenters. The van der Waals surface area contributed by atoms with Crippen molar-refractivity contribution >= 4 is 5.96 Å². The number of aliphatic imine (C=N–C) groups is 1. The lowest BCUT2D eigenvalue weighted by Gasteiger charge is -2.16. The molecule has 1 fully saturated rings. The van der Waals surface area contributed by atoms with E-state index in [1.54, 1.807) is 17.1 Å². The van der Waals surface area contributed by atoms with Gasteiger partial charge in [-0.3, -0.25) is 0 Å². The van der Waals surface area contributed by atoms with E-state index in [4.69, 9.17) is 5.73 Å². The first-order valence-electron chi connectivity index (χ1n) is 6.72. The Balaban J connectivity index is 1.71. The van der Waals surface area contributed by atoms with Crippen LogP contribution < -0.4 is 5.73 Å². The van der Waals surface area contributed by atoms with Crippen LogP contribution in [0.15, 0.2) is 41.8 Å². The van der Waals surface area contributed by atoms with Gasteiger partial charge in [0, 0.05) is 31.7 Å². The fourth-order valence-electron chi connectivity index (χ4n) is 2.02. The summed E-state index contributed by atoms with van der Waals surface area (Å²) in [6.45, 7) is 0.555. The Bertz CT molecular complexity index is 600. The maximum atomic E-state index is 5.98. The van der Waals surface area contributed by atoms with Crippen molar-refractivity contribution in [1.82, 2.24) is 19.7 Å². The van der Waals surface area contributed by atoms with E-state index in [0.717, 1.165) is 11.4 Å². The molecule has 1 aliphatic carbocycles. The van der Waals surface area contributed by atoms with Crippen LogP contribution in [0.25, 0.3) is 5.82 Å². The van der Waals surface area contributed by atoms with Gasteiger partial charge in [0.15, 0.2) is 11.8 Å². The van der Waals surface area contributed by atoms with Crippen LogP contribution in [0.1, 0.15) is 18.4 Å². The Hall–Kier alpha value is -2.37. The lowest BCUT2D eigenvalue weighted by Crippen LogP contribution is -2.35. The van der Waals surface area contributed by atoms with Crippen molar-refractivity contribution < 1.29 is 0 Å². The van der Waals surface area contributed by atoms with Crippen LogP contribution in [-0.2, 0) is 6.54 Å². The van der Waals surface area contributed by atoms with Gasteiger partial charge in [-0.2, -0.15) is 5.10 Å². The summed E-state index contributed by atoms with van der Waals surface area (Å²) >= 11 is 0. The maximum absolute atomic E-state index is 5.98. The lowest BCUT2D eigenvalue weighted by molar-refractivity contribution is 0.487. The molecule has 104 valence electrons. The Morgan fingerprint density at radius 1 is 1.50 bits per heavy atom. The van der Waals surface area contributed by atoms with Gasteiger partial charge in [0.05, 0.1) is 6.54 Å². The first kappa shape index (κ1) is 12.7. The van der Waals surface area contributed by atoms with E-state index in [9.17, 15) is 0 Å². The molecule has 0 amide bonds. The number of pyridine rings is 1. The quantitative estimate of drug-likeness (QED) is 0.669. The maximum Gasteiger partial charge on any atom is 0.191 e. The van der Waals surface area contributed by atoms with E-state index in [-0.39, 0.29) is 0 Å². The molecule has 20 heavy (non-hydrogen) atoms. The van der Waals surface area contributed by atoms with Crippen LogP contribution in [0.5, 0.6) is 0 Å². The molecular weight excluding hydrogens is 252 g/mol. The molecule has 2 heterocycles. The van der Waals surface area contributed by atoms with Gasteiger partial charge >= 0.3 is 0 Å². The number of nitrogens with zero attached hydrogens (tertiary/aromatic N) is 5. The highest BCUT2D eigenvalue weighted by atomic mass is 15.3. The molecule has 0 radical (unpaired) electrons. The van der Waals surface area contributed by atoms with Crippen LogP contribution in [-0.4, -0.2) is 38.7 Å². The molecule has 6 nitrogen and oxygen atoms in total. The number of rotatable bonds is 4. The molecule has 0 aromatic carbocycles. The molecule has 1 saturated carbocycles. The molecule has 0 unspecified atom stereocenters. The zero-order valence-electron chi connectivity index (χ0n) is 11.5. The Morgan fingerprint density at radius 2 is 2.35 bits per heavy atom. The predicted octanol–water partition coefficient (Wildman–Crippen LogP) is 1.18. The van der Waals surface area contributed by atoms with Crippen molar-refractivity contribution in [1.29, 1.82) is 0 Å². The van der Waals surface area contributed by atoms with E-state index in [2.05, 4.69) is 20.0 Å². The third-order valence-corrected chi connectivity index (χ3v) is 3.43. The van der Waals surface area contributed by atoms with E-state index >= 15 is 0 Å². The monoisotopic (exact) mass is 270 g/mol. The Kier molecular flexibility index (Phi) is 3.37. The normalized spacial score (nSPS) is 15.3. The average molecular weight is 270 g/mol. The Labute approximate surface area is 117 Å². The molecular formula is C14H18N6. The predicted molar refractivity (Wildman–Crippen MR) is 77.5 cm³/mol. The molecule has 3 rings (SSSR count). The third-order valence-electron chi connectivity index (χ3n) is 3.43. The van der Waals surface area contributed by atoms with Crippen LogP contribution in [0.2, 0.25) is 0 Å². The highest BCUT2D eigenvalue weighted by molar-refractivity contribution is 5.78. The first-order chi connectivity index (χ1) is 9.74. The third kappa shape index (κ3) is 2.79. The standard InChI is InChI=1S/C14H18N6/c1-19(12-3-4-12)14(15)17-10-11-5-7-16-13(9-11)20-8-2-6-18-20/h2,5-9,12H,3-4,10H2,1H3,(H2,15,17). The van der Waals surface area contributed by atoms with Crippen LogP contribution in [0, 0.1) is 0 Å². The highest BCUT2D eigenvalue weighted by Crippen LogP contribution is 2.24. The number of hydrogen-bond donors (Lipinski definition) is 1. The van der Waals surface area contributed by atoms with Gasteiger partial charge in [-0.25, -0.2) is 14.7 Å². The fraction of sp³-hybridized carbons (Fsp3) is 0.357. The van der Waals surface area contributed by atoms with Crippen molar-refractivity contribution in [3.05, 3.63) is 42.4 Å². The van der Waals surface area contributed by atoms with E-state index in [1.165, 1.54) is 12.8 Å². The molecule has 0 saturated heterocycles. The zero-order valence-corrected chi connectivity index (χ0v) is 11.5. The smallest absolute Gasteiger partial charge is 0.191 e. The van der Waals surface area contributed by atoms with E-state index in [0.29, 0.717) is 18.5 Å². The van der Waals surface area contributed by atoms with Crippen LogP contribution in [0.3, 0.4) is 0 Å². The lowest BCUT2D eigenvalue weighted by atomic mass is 10.2. The Morgan fingerprint density at radius 3 is 3.05 bits per heavy atom. The number of nitrogens with two attached hydrogens (primary N) is 1. The van der Waals surface area contributed by atoms with Gasteiger partial charge in [0.25, 0.3) is 0 Å². The number of aromatic nitrogens is 3. The fourth-order valence-corrected chi connectivity index (χ4v) is 2.02. The minimum absolute atomic E-state index is 0.555. The van der Waals surface area contributed by atoms with Gasteiger partial charge in [-0.15, -0.1) is 0 Å². The topological polar surface area (TPSA) is 72.3 Å². The van der Waals surface area contributed by atoms with Crippen molar-refractivity contribution in [3.8, 4) is 5.82 Å². The van der Waals surface area contributed by atoms with Gasteiger partial charge in [-0.05, 0) is 36.6 Å². The molecule has 1 aliphatic rings. The SMILES string of the molecule is CN(C(N)=NCc1ccnc(-n2cccn2)c1)C1CC1. The summed E-state index contributed by atoms with van der Waals surface area (Å²) in [5.41, 5.74) is 7.05. The van der Waals surface area contributed by atoms with Crippen molar-refractivity contribution in [2.45, 2.75) is 25.4 Å². The average Bonchev–Trinajstić information content (AvgIpc) is 3.18. The van der Waals surface area contributed by atoms with Crippen molar-refractivity contribution in [3.63, 3.8) is 0 Å². The number of hydrogen-bond acceptors (Lipinski definition) is 3. The molecule has 0 bridgehead atoms. The summed E-state index contributed by atoms with van der Waals surface area (Å²) in [5.74, 6) is 1.39. The summed E-state index contributed by atoms with van der Waals surface area (Å²) in [6.07, 6.45) is 7.79. The zero-order chi connectivity index (χ0) is 13.9. The minimum atomic E-state index is 0.555. The second-order valence-corrected chi connectivity index (χ2v) is 4.99. The number of guanidine groups is 1. The van der Waals surface area contributed by atoms with Crippen LogP contribution in [0.4, 0.5) is 0 Å². The van der Waals surface area contributed by atoms with Gasteiger partial charge < -0.3 is 10.6 Å².